The monoisotopic (exact) mass is 297 g/mol. The molecule has 3 heteroatoms. The van der Waals surface area contributed by atoms with E-state index in [1.54, 1.807) is 0 Å². The number of anilines is 1. The van der Waals surface area contributed by atoms with Crippen molar-refractivity contribution in [3.63, 3.8) is 0 Å². The Morgan fingerprint density at radius 2 is 2.29 bits per heavy atom. The largest absolute Gasteiger partial charge is 0.376 e. The number of rotatable bonds is 4. The van der Waals surface area contributed by atoms with Crippen LogP contribution in [0.25, 0.3) is 0 Å². The van der Waals surface area contributed by atoms with Gasteiger partial charge in [0.25, 0.3) is 0 Å². The van der Waals surface area contributed by atoms with Crippen LogP contribution in [0.2, 0.25) is 0 Å². The number of alkyl halides is 1. The van der Waals surface area contributed by atoms with Crippen molar-refractivity contribution in [2.24, 2.45) is 0 Å². The Morgan fingerprint density at radius 1 is 1.47 bits per heavy atom. The van der Waals surface area contributed by atoms with Crippen molar-refractivity contribution in [2.75, 3.05) is 25.1 Å². The van der Waals surface area contributed by atoms with Crippen LogP contribution in [0.15, 0.2) is 18.2 Å². The highest BCUT2D eigenvalue weighted by Crippen LogP contribution is 2.22. The fourth-order valence-electron chi connectivity index (χ4n) is 2.27. The molecule has 0 radical (unpaired) electrons. The number of halogens is 1. The average molecular weight is 298 g/mol. The van der Waals surface area contributed by atoms with Crippen molar-refractivity contribution in [2.45, 2.75) is 31.2 Å². The van der Waals surface area contributed by atoms with E-state index in [1.807, 2.05) is 0 Å². The topological polar surface area (TPSA) is 12.5 Å². The van der Waals surface area contributed by atoms with Gasteiger partial charge in [0.1, 0.15) is 0 Å². The van der Waals surface area contributed by atoms with Crippen molar-refractivity contribution in [3.05, 3.63) is 29.3 Å². The van der Waals surface area contributed by atoms with Gasteiger partial charge in [0.15, 0.2) is 0 Å². The number of hydrogen-bond acceptors (Lipinski definition) is 2. The van der Waals surface area contributed by atoms with E-state index in [2.05, 4.69) is 53.0 Å². The summed E-state index contributed by atoms with van der Waals surface area (Å²) in [6, 6.07) is 6.65. The molecule has 1 atom stereocenters. The standard InChI is InChI=1S/C14H20BrNO/c1-11-8-13(6-5-12(11)9-15)16(2)10-14-4-3-7-17-14/h5-6,8,14H,3-4,7,9-10H2,1-2H3. The molecular weight excluding hydrogens is 278 g/mol. The van der Waals surface area contributed by atoms with Crippen molar-refractivity contribution in [1.82, 2.24) is 0 Å². The van der Waals surface area contributed by atoms with E-state index >= 15 is 0 Å². The van der Waals surface area contributed by atoms with E-state index < -0.39 is 0 Å². The number of nitrogens with zero attached hydrogens (tertiary/aromatic N) is 1. The molecular formula is C14H20BrNO. The SMILES string of the molecule is Cc1cc(N(C)CC2CCCO2)ccc1CBr. The van der Waals surface area contributed by atoms with Crippen molar-refractivity contribution < 1.29 is 4.74 Å². The molecule has 0 spiro atoms. The van der Waals surface area contributed by atoms with Gasteiger partial charge in [0.2, 0.25) is 0 Å². The Balaban J connectivity index is 2.02. The molecule has 0 bridgehead atoms. The van der Waals surface area contributed by atoms with Gasteiger partial charge in [-0.2, -0.15) is 0 Å². The predicted octanol–water partition coefficient (Wildman–Crippen LogP) is 3.51. The van der Waals surface area contributed by atoms with Crippen molar-refractivity contribution >= 4 is 21.6 Å². The smallest absolute Gasteiger partial charge is 0.0750 e. The Kier molecular flexibility index (Phi) is 4.46. The Morgan fingerprint density at radius 3 is 2.88 bits per heavy atom. The summed E-state index contributed by atoms with van der Waals surface area (Å²) in [7, 11) is 2.14. The van der Waals surface area contributed by atoms with Crippen LogP contribution in [0.3, 0.4) is 0 Å². The second kappa shape index (κ2) is 5.87. The van der Waals surface area contributed by atoms with Crippen LogP contribution in [0.4, 0.5) is 5.69 Å². The summed E-state index contributed by atoms with van der Waals surface area (Å²) in [5, 5.41) is 0.925. The predicted molar refractivity (Wildman–Crippen MR) is 76.1 cm³/mol. The van der Waals surface area contributed by atoms with Crippen molar-refractivity contribution in [1.29, 1.82) is 0 Å². The van der Waals surface area contributed by atoms with Gasteiger partial charge in [-0.15, -0.1) is 0 Å². The van der Waals surface area contributed by atoms with Crippen LogP contribution in [0, 0.1) is 6.92 Å². The third-order valence-corrected chi connectivity index (χ3v) is 4.02. The van der Waals surface area contributed by atoms with Crippen LogP contribution in [-0.4, -0.2) is 26.3 Å². The lowest BCUT2D eigenvalue weighted by atomic mass is 10.1. The van der Waals surface area contributed by atoms with Gasteiger partial charge >= 0.3 is 0 Å². The maximum absolute atomic E-state index is 5.67. The number of likely N-dealkylation sites (N-methyl/N-ethyl adjacent to an activating group) is 1. The Bertz CT molecular complexity index is 374. The fraction of sp³-hybridized carbons (Fsp3) is 0.571. The van der Waals surface area contributed by atoms with E-state index in [4.69, 9.17) is 4.74 Å². The minimum Gasteiger partial charge on any atom is -0.376 e. The zero-order valence-corrected chi connectivity index (χ0v) is 12.2. The molecule has 17 heavy (non-hydrogen) atoms. The number of hydrogen-bond donors (Lipinski definition) is 0. The van der Waals surface area contributed by atoms with E-state index in [0.29, 0.717) is 6.10 Å². The van der Waals surface area contributed by atoms with Gasteiger partial charge in [-0.1, -0.05) is 22.0 Å². The first kappa shape index (κ1) is 12.9. The minimum atomic E-state index is 0.413. The van der Waals surface area contributed by atoms with Gasteiger partial charge < -0.3 is 9.64 Å². The zero-order valence-electron chi connectivity index (χ0n) is 10.6. The first-order chi connectivity index (χ1) is 8.20. The third kappa shape index (κ3) is 3.23. The summed E-state index contributed by atoms with van der Waals surface area (Å²) in [6.45, 7) is 4.09. The molecule has 1 aliphatic rings. The summed E-state index contributed by atoms with van der Waals surface area (Å²) in [5.74, 6) is 0. The minimum absolute atomic E-state index is 0.413. The molecule has 0 aliphatic carbocycles. The lowest BCUT2D eigenvalue weighted by Crippen LogP contribution is -2.28. The molecule has 2 nitrogen and oxygen atoms in total. The highest BCUT2D eigenvalue weighted by atomic mass is 79.9. The molecule has 0 amide bonds. The Hall–Kier alpha value is -0.540. The summed E-state index contributed by atoms with van der Waals surface area (Å²) in [5.41, 5.74) is 3.99. The Labute approximate surface area is 112 Å². The number of aryl methyl sites for hydroxylation is 1. The quantitative estimate of drug-likeness (QED) is 0.789. The third-order valence-electron chi connectivity index (χ3n) is 3.41. The first-order valence-electron chi connectivity index (χ1n) is 6.19. The van der Waals surface area contributed by atoms with Gasteiger partial charge in [0, 0.05) is 31.2 Å². The van der Waals surface area contributed by atoms with Gasteiger partial charge in [-0.3, -0.25) is 0 Å². The summed E-state index contributed by atoms with van der Waals surface area (Å²) >= 11 is 3.51. The normalized spacial score (nSPS) is 19.6. The van der Waals surface area contributed by atoms with Crippen LogP contribution in [0.5, 0.6) is 0 Å². The van der Waals surface area contributed by atoms with E-state index in [0.717, 1.165) is 18.5 Å². The zero-order chi connectivity index (χ0) is 12.3. The van der Waals surface area contributed by atoms with Crippen LogP contribution in [0.1, 0.15) is 24.0 Å². The molecule has 1 unspecified atom stereocenters. The molecule has 0 aromatic heterocycles. The molecule has 1 heterocycles. The number of ether oxygens (including phenoxy) is 1. The molecule has 0 N–H and O–H groups in total. The maximum Gasteiger partial charge on any atom is 0.0750 e. The molecule has 2 rings (SSSR count). The van der Waals surface area contributed by atoms with E-state index in [1.165, 1.54) is 29.7 Å². The number of benzene rings is 1. The lowest BCUT2D eigenvalue weighted by Gasteiger charge is -2.23. The highest BCUT2D eigenvalue weighted by molar-refractivity contribution is 9.08. The summed E-state index contributed by atoms with van der Waals surface area (Å²) in [6.07, 6.45) is 2.82. The van der Waals surface area contributed by atoms with Crippen molar-refractivity contribution in [3.8, 4) is 0 Å². The molecule has 1 aromatic rings. The van der Waals surface area contributed by atoms with E-state index in [-0.39, 0.29) is 0 Å². The fourth-order valence-corrected chi connectivity index (χ4v) is 2.90. The highest BCUT2D eigenvalue weighted by Gasteiger charge is 2.17. The van der Waals surface area contributed by atoms with Crippen LogP contribution >= 0.6 is 15.9 Å². The molecule has 94 valence electrons. The maximum atomic E-state index is 5.67. The summed E-state index contributed by atoms with van der Waals surface area (Å²) < 4.78 is 5.67. The molecule has 1 saturated heterocycles. The molecule has 0 saturated carbocycles. The first-order valence-corrected chi connectivity index (χ1v) is 7.31. The molecule has 1 aliphatic heterocycles. The molecule has 1 aromatic carbocycles. The lowest BCUT2D eigenvalue weighted by molar-refractivity contribution is 0.116. The summed E-state index contributed by atoms with van der Waals surface area (Å²) in [4.78, 5) is 2.29. The second-order valence-corrected chi connectivity index (χ2v) is 5.32. The van der Waals surface area contributed by atoms with Crippen LogP contribution in [-0.2, 0) is 10.1 Å². The van der Waals surface area contributed by atoms with Gasteiger partial charge in [-0.05, 0) is 43.0 Å². The second-order valence-electron chi connectivity index (χ2n) is 4.76. The van der Waals surface area contributed by atoms with E-state index in [9.17, 15) is 0 Å². The average Bonchev–Trinajstić information content (AvgIpc) is 2.81. The van der Waals surface area contributed by atoms with Crippen LogP contribution < -0.4 is 4.90 Å². The molecule has 1 fully saturated rings. The van der Waals surface area contributed by atoms with Gasteiger partial charge in [-0.25, -0.2) is 0 Å². The van der Waals surface area contributed by atoms with Gasteiger partial charge in [0.05, 0.1) is 6.10 Å².